The highest BCUT2D eigenvalue weighted by Crippen LogP contribution is 2.16. The maximum atomic E-state index is 5.80. The van der Waals surface area contributed by atoms with E-state index >= 15 is 0 Å². The maximum absolute atomic E-state index is 5.80. The molecule has 0 aromatic carbocycles. The first-order chi connectivity index (χ1) is 7.04. The number of hydrogen-bond donors (Lipinski definition) is 1. The van der Waals surface area contributed by atoms with Crippen molar-refractivity contribution >= 4 is 22.9 Å². The SMILES string of the molecule is Cc1nc(CNC(C)C(C)CCl)sc1C. The lowest BCUT2D eigenvalue weighted by atomic mass is 10.1. The number of aryl methyl sites for hydroxylation is 2. The molecule has 86 valence electrons. The molecular formula is C11H19ClN2S. The van der Waals surface area contributed by atoms with E-state index in [1.54, 1.807) is 11.3 Å². The second-order valence-corrected chi connectivity index (χ2v) is 5.65. The first-order valence-corrected chi connectivity index (χ1v) is 6.62. The van der Waals surface area contributed by atoms with Crippen LogP contribution in [0.5, 0.6) is 0 Å². The summed E-state index contributed by atoms with van der Waals surface area (Å²) in [5.74, 6) is 1.19. The molecule has 2 unspecified atom stereocenters. The second-order valence-electron chi connectivity index (χ2n) is 4.05. The topological polar surface area (TPSA) is 24.9 Å². The smallest absolute Gasteiger partial charge is 0.107 e. The minimum Gasteiger partial charge on any atom is -0.308 e. The number of thiazole rings is 1. The Kier molecular flexibility index (Phi) is 5.03. The van der Waals surface area contributed by atoms with Crippen LogP contribution >= 0.6 is 22.9 Å². The van der Waals surface area contributed by atoms with Gasteiger partial charge in [-0.25, -0.2) is 4.98 Å². The molecule has 0 bridgehead atoms. The normalized spacial score (nSPS) is 15.3. The lowest BCUT2D eigenvalue weighted by Crippen LogP contribution is -2.32. The van der Waals surface area contributed by atoms with E-state index in [0.717, 1.165) is 12.2 Å². The van der Waals surface area contributed by atoms with Gasteiger partial charge in [0.05, 0.1) is 5.69 Å². The predicted octanol–water partition coefficient (Wildman–Crippen LogP) is 3.11. The fourth-order valence-electron chi connectivity index (χ4n) is 1.20. The molecule has 0 radical (unpaired) electrons. The molecule has 0 aliphatic carbocycles. The van der Waals surface area contributed by atoms with Crippen LogP contribution in [0.1, 0.15) is 29.4 Å². The zero-order chi connectivity index (χ0) is 11.4. The highest BCUT2D eigenvalue weighted by molar-refractivity contribution is 7.11. The summed E-state index contributed by atoms with van der Waals surface area (Å²) in [6.45, 7) is 9.34. The molecule has 0 aliphatic heterocycles. The van der Waals surface area contributed by atoms with Crippen LogP contribution in [0.15, 0.2) is 0 Å². The molecule has 0 saturated heterocycles. The zero-order valence-electron chi connectivity index (χ0n) is 9.80. The van der Waals surface area contributed by atoms with E-state index in [1.807, 2.05) is 0 Å². The Hall–Kier alpha value is -0.120. The third-order valence-electron chi connectivity index (χ3n) is 2.75. The molecule has 4 heteroatoms. The molecule has 1 heterocycles. The van der Waals surface area contributed by atoms with Gasteiger partial charge in [-0.05, 0) is 26.7 Å². The van der Waals surface area contributed by atoms with Crippen molar-refractivity contribution in [3.63, 3.8) is 0 Å². The van der Waals surface area contributed by atoms with Gasteiger partial charge in [0.25, 0.3) is 0 Å². The largest absolute Gasteiger partial charge is 0.308 e. The molecular weight excluding hydrogens is 228 g/mol. The summed E-state index contributed by atoms with van der Waals surface area (Å²) in [5.41, 5.74) is 1.15. The summed E-state index contributed by atoms with van der Waals surface area (Å²) < 4.78 is 0. The van der Waals surface area contributed by atoms with Crippen LogP contribution in [0.2, 0.25) is 0 Å². The van der Waals surface area contributed by atoms with Gasteiger partial charge >= 0.3 is 0 Å². The van der Waals surface area contributed by atoms with Crippen LogP contribution in [-0.4, -0.2) is 16.9 Å². The van der Waals surface area contributed by atoms with Crippen molar-refractivity contribution in [3.05, 3.63) is 15.6 Å². The van der Waals surface area contributed by atoms with Crippen LogP contribution in [0.4, 0.5) is 0 Å². The Labute approximate surface area is 101 Å². The molecule has 0 amide bonds. The highest BCUT2D eigenvalue weighted by Gasteiger charge is 2.11. The second kappa shape index (κ2) is 5.83. The number of hydrogen-bond acceptors (Lipinski definition) is 3. The lowest BCUT2D eigenvalue weighted by molar-refractivity contribution is 0.429. The summed E-state index contributed by atoms with van der Waals surface area (Å²) in [6.07, 6.45) is 0. The number of nitrogens with zero attached hydrogens (tertiary/aromatic N) is 1. The summed E-state index contributed by atoms with van der Waals surface area (Å²) in [6, 6.07) is 0.437. The van der Waals surface area contributed by atoms with E-state index in [0.29, 0.717) is 17.8 Å². The van der Waals surface area contributed by atoms with E-state index in [-0.39, 0.29) is 0 Å². The van der Waals surface area contributed by atoms with Gasteiger partial charge in [0, 0.05) is 23.3 Å². The molecule has 1 N–H and O–H groups in total. The zero-order valence-corrected chi connectivity index (χ0v) is 11.4. The Bertz CT molecular complexity index is 292. The molecule has 0 saturated carbocycles. The van der Waals surface area contributed by atoms with Crippen LogP contribution < -0.4 is 5.32 Å². The monoisotopic (exact) mass is 246 g/mol. The van der Waals surface area contributed by atoms with Gasteiger partial charge in [0.2, 0.25) is 0 Å². The number of nitrogens with one attached hydrogen (secondary N) is 1. The first kappa shape index (κ1) is 12.9. The fraction of sp³-hybridized carbons (Fsp3) is 0.727. The summed E-state index contributed by atoms with van der Waals surface area (Å²) in [7, 11) is 0. The van der Waals surface area contributed by atoms with Crippen molar-refractivity contribution in [3.8, 4) is 0 Å². The van der Waals surface area contributed by atoms with Gasteiger partial charge in [-0.1, -0.05) is 6.92 Å². The summed E-state index contributed by atoms with van der Waals surface area (Å²) >= 11 is 7.57. The molecule has 0 spiro atoms. The van der Waals surface area contributed by atoms with Crippen molar-refractivity contribution in [2.45, 2.75) is 40.3 Å². The average Bonchev–Trinajstić information content (AvgIpc) is 2.54. The minimum atomic E-state index is 0.437. The number of aromatic nitrogens is 1. The van der Waals surface area contributed by atoms with E-state index in [2.05, 4.69) is 38.0 Å². The molecule has 0 fully saturated rings. The number of alkyl halides is 1. The van der Waals surface area contributed by atoms with E-state index in [1.165, 1.54) is 9.88 Å². The Morgan fingerprint density at radius 1 is 1.40 bits per heavy atom. The average molecular weight is 247 g/mol. The fourth-order valence-corrected chi connectivity index (χ4v) is 2.35. The Morgan fingerprint density at radius 2 is 2.07 bits per heavy atom. The molecule has 2 atom stereocenters. The van der Waals surface area contributed by atoms with Crippen LogP contribution in [-0.2, 0) is 6.54 Å². The molecule has 15 heavy (non-hydrogen) atoms. The summed E-state index contributed by atoms with van der Waals surface area (Å²) in [5, 5.41) is 4.62. The van der Waals surface area contributed by atoms with Crippen molar-refractivity contribution in [2.75, 3.05) is 5.88 Å². The molecule has 0 aliphatic rings. The van der Waals surface area contributed by atoms with Gasteiger partial charge in [0.1, 0.15) is 5.01 Å². The van der Waals surface area contributed by atoms with Crippen LogP contribution in [0, 0.1) is 19.8 Å². The summed E-state index contributed by atoms with van der Waals surface area (Å²) in [4.78, 5) is 5.80. The third kappa shape index (κ3) is 3.74. The van der Waals surface area contributed by atoms with Gasteiger partial charge in [-0.3, -0.25) is 0 Å². The van der Waals surface area contributed by atoms with E-state index in [9.17, 15) is 0 Å². The number of halogens is 1. The van der Waals surface area contributed by atoms with Gasteiger partial charge in [0.15, 0.2) is 0 Å². The van der Waals surface area contributed by atoms with E-state index < -0.39 is 0 Å². The lowest BCUT2D eigenvalue weighted by Gasteiger charge is -2.18. The van der Waals surface area contributed by atoms with Crippen LogP contribution in [0.25, 0.3) is 0 Å². The van der Waals surface area contributed by atoms with Crippen molar-refractivity contribution < 1.29 is 0 Å². The number of rotatable bonds is 5. The first-order valence-electron chi connectivity index (χ1n) is 5.26. The molecule has 2 nitrogen and oxygen atoms in total. The maximum Gasteiger partial charge on any atom is 0.107 e. The Balaban J connectivity index is 2.43. The van der Waals surface area contributed by atoms with Gasteiger partial charge < -0.3 is 5.32 Å². The predicted molar refractivity (Wildman–Crippen MR) is 67.8 cm³/mol. The Morgan fingerprint density at radius 3 is 2.53 bits per heavy atom. The minimum absolute atomic E-state index is 0.437. The van der Waals surface area contributed by atoms with Crippen molar-refractivity contribution in [1.82, 2.24) is 10.3 Å². The highest BCUT2D eigenvalue weighted by atomic mass is 35.5. The molecule has 1 aromatic rings. The molecule has 1 aromatic heterocycles. The van der Waals surface area contributed by atoms with Crippen LogP contribution in [0.3, 0.4) is 0 Å². The standard InChI is InChI=1S/C11H19ClN2S/c1-7(5-12)8(2)13-6-11-14-9(3)10(4)15-11/h7-8,13H,5-6H2,1-4H3. The molecule has 1 rings (SSSR count). The van der Waals surface area contributed by atoms with Gasteiger partial charge in [-0.15, -0.1) is 22.9 Å². The van der Waals surface area contributed by atoms with Gasteiger partial charge in [-0.2, -0.15) is 0 Å². The quantitative estimate of drug-likeness (QED) is 0.808. The van der Waals surface area contributed by atoms with Crippen molar-refractivity contribution in [1.29, 1.82) is 0 Å². The third-order valence-corrected chi connectivity index (χ3v) is 4.30. The van der Waals surface area contributed by atoms with E-state index in [4.69, 9.17) is 11.6 Å². The van der Waals surface area contributed by atoms with Crippen molar-refractivity contribution in [2.24, 2.45) is 5.92 Å².